The van der Waals surface area contributed by atoms with Gasteiger partial charge in [0.1, 0.15) is 5.75 Å². The summed E-state index contributed by atoms with van der Waals surface area (Å²) in [6.45, 7) is 0. The predicted octanol–water partition coefficient (Wildman–Crippen LogP) is 4.24. The number of benzene rings is 1. The normalized spacial score (nSPS) is 12.5. The molecular formula is C14H10Cl4N2O2. The van der Waals surface area contributed by atoms with E-state index in [1.807, 2.05) is 0 Å². The SMILES string of the molecule is O=C(NC(Oc1ccccc1Cl)C(Cl)(Cl)Cl)c1cccnc1. The molecular weight excluding hydrogens is 370 g/mol. The van der Waals surface area contributed by atoms with Gasteiger partial charge in [-0.3, -0.25) is 9.78 Å². The Kier molecular flexibility index (Phi) is 5.75. The van der Waals surface area contributed by atoms with Crippen LogP contribution in [0, 0.1) is 0 Å². The number of para-hydroxylation sites is 1. The quantitative estimate of drug-likeness (QED) is 0.638. The fraction of sp³-hybridized carbons (Fsp3) is 0.143. The summed E-state index contributed by atoms with van der Waals surface area (Å²) in [6.07, 6.45) is 1.70. The van der Waals surface area contributed by atoms with Crippen LogP contribution in [0.4, 0.5) is 0 Å². The van der Waals surface area contributed by atoms with E-state index in [-0.39, 0.29) is 5.75 Å². The molecule has 8 heteroatoms. The van der Waals surface area contributed by atoms with Gasteiger partial charge in [-0.2, -0.15) is 0 Å². The highest BCUT2D eigenvalue weighted by molar-refractivity contribution is 6.68. The Morgan fingerprint density at radius 2 is 1.91 bits per heavy atom. The maximum atomic E-state index is 12.1. The number of halogens is 4. The zero-order chi connectivity index (χ0) is 16.2. The highest BCUT2D eigenvalue weighted by Crippen LogP contribution is 2.34. The lowest BCUT2D eigenvalue weighted by Crippen LogP contribution is -2.47. The van der Waals surface area contributed by atoms with Crippen molar-refractivity contribution in [2.24, 2.45) is 0 Å². The van der Waals surface area contributed by atoms with E-state index >= 15 is 0 Å². The monoisotopic (exact) mass is 378 g/mol. The summed E-state index contributed by atoms with van der Waals surface area (Å²) < 4.78 is 3.63. The van der Waals surface area contributed by atoms with Gasteiger partial charge >= 0.3 is 0 Å². The molecule has 4 nitrogen and oxygen atoms in total. The third-order valence-corrected chi connectivity index (χ3v) is 3.47. The van der Waals surface area contributed by atoms with Gasteiger partial charge in [0.15, 0.2) is 0 Å². The Morgan fingerprint density at radius 1 is 1.18 bits per heavy atom. The van der Waals surface area contributed by atoms with Crippen molar-refractivity contribution in [1.82, 2.24) is 10.3 Å². The standard InChI is InChI=1S/C14H10Cl4N2O2/c15-10-5-1-2-6-11(10)22-13(14(16,17)18)20-12(21)9-4-3-7-19-8-9/h1-8,13H,(H,20,21). The molecule has 0 saturated carbocycles. The van der Waals surface area contributed by atoms with Crippen LogP contribution in [0.15, 0.2) is 48.8 Å². The largest absolute Gasteiger partial charge is 0.464 e. The highest BCUT2D eigenvalue weighted by Gasteiger charge is 2.36. The van der Waals surface area contributed by atoms with Gasteiger partial charge in [-0.1, -0.05) is 58.5 Å². The van der Waals surface area contributed by atoms with E-state index in [4.69, 9.17) is 51.1 Å². The van der Waals surface area contributed by atoms with E-state index < -0.39 is 15.9 Å². The van der Waals surface area contributed by atoms with Crippen LogP contribution in [0.25, 0.3) is 0 Å². The Morgan fingerprint density at radius 3 is 2.50 bits per heavy atom. The summed E-state index contributed by atoms with van der Waals surface area (Å²) in [5.74, 6) is -0.205. The number of nitrogens with one attached hydrogen (secondary N) is 1. The number of amides is 1. The molecule has 22 heavy (non-hydrogen) atoms. The lowest BCUT2D eigenvalue weighted by Gasteiger charge is -2.26. The number of carbonyl (C=O) groups is 1. The molecule has 0 radical (unpaired) electrons. The second kappa shape index (κ2) is 7.38. The van der Waals surface area contributed by atoms with Crippen molar-refractivity contribution in [3.05, 3.63) is 59.4 Å². The van der Waals surface area contributed by atoms with Crippen molar-refractivity contribution in [3.63, 3.8) is 0 Å². The van der Waals surface area contributed by atoms with Crippen LogP contribution in [0.5, 0.6) is 5.75 Å². The smallest absolute Gasteiger partial charge is 0.255 e. The van der Waals surface area contributed by atoms with Gasteiger partial charge in [0, 0.05) is 12.4 Å². The van der Waals surface area contributed by atoms with Gasteiger partial charge in [-0.25, -0.2) is 0 Å². The first-order valence-electron chi connectivity index (χ1n) is 6.06. The zero-order valence-electron chi connectivity index (χ0n) is 11.0. The molecule has 0 aliphatic carbocycles. The average Bonchev–Trinajstić information content (AvgIpc) is 2.48. The number of ether oxygens (including phenoxy) is 1. The predicted molar refractivity (Wildman–Crippen MR) is 87.9 cm³/mol. The van der Waals surface area contributed by atoms with Gasteiger partial charge in [-0.05, 0) is 24.3 Å². The van der Waals surface area contributed by atoms with Crippen molar-refractivity contribution in [2.75, 3.05) is 0 Å². The Bertz CT molecular complexity index is 647. The van der Waals surface area contributed by atoms with Crippen LogP contribution in [0.3, 0.4) is 0 Å². The van der Waals surface area contributed by atoms with Crippen molar-refractivity contribution in [1.29, 1.82) is 0 Å². The number of hydrogen-bond donors (Lipinski definition) is 1. The summed E-state index contributed by atoms with van der Waals surface area (Å²) in [7, 11) is 0. The summed E-state index contributed by atoms with van der Waals surface area (Å²) in [5.41, 5.74) is 0.310. The minimum atomic E-state index is -1.89. The van der Waals surface area contributed by atoms with E-state index in [9.17, 15) is 4.79 Å². The molecule has 0 fully saturated rings. The third kappa shape index (κ3) is 4.65. The summed E-state index contributed by atoms with van der Waals surface area (Å²) >= 11 is 23.6. The number of aromatic nitrogens is 1. The fourth-order valence-corrected chi connectivity index (χ4v) is 2.02. The van der Waals surface area contributed by atoms with Gasteiger partial charge in [-0.15, -0.1) is 0 Å². The molecule has 2 aromatic rings. The van der Waals surface area contributed by atoms with Gasteiger partial charge < -0.3 is 10.1 Å². The van der Waals surface area contributed by atoms with E-state index in [1.165, 1.54) is 6.20 Å². The number of carbonyl (C=O) groups excluding carboxylic acids is 1. The Labute approximate surface area is 147 Å². The Balaban J connectivity index is 2.18. The molecule has 116 valence electrons. The van der Waals surface area contributed by atoms with E-state index in [2.05, 4.69) is 10.3 Å². The molecule has 0 aliphatic rings. The van der Waals surface area contributed by atoms with Gasteiger partial charge in [0.25, 0.3) is 5.91 Å². The summed E-state index contributed by atoms with van der Waals surface area (Å²) in [5, 5.41) is 2.82. The summed E-state index contributed by atoms with van der Waals surface area (Å²) in [4.78, 5) is 16.0. The molecule has 1 N–H and O–H groups in total. The molecule has 1 aromatic carbocycles. The number of nitrogens with zero attached hydrogens (tertiary/aromatic N) is 1. The topological polar surface area (TPSA) is 51.2 Å². The van der Waals surface area contributed by atoms with Crippen LogP contribution in [-0.2, 0) is 0 Å². The number of pyridine rings is 1. The molecule has 1 heterocycles. The van der Waals surface area contributed by atoms with Crippen LogP contribution in [0.2, 0.25) is 5.02 Å². The van der Waals surface area contributed by atoms with Crippen molar-refractivity contribution >= 4 is 52.3 Å². The minimum absolute atomic E-state index is 0.284. The molecule has 0 aliphatic heterocycles. The number of rotatable bonds is 4. The van der Waals surface area contributed by atoms with E-state index in [1.54, 1.807) is 42.6 Å². The van der Waals surface area contributed by atoms with Gasteiger partial charge in [0.05, 0.1) is 10.6 Å². The molecule has 1 unspecified atom stereocenters. The van der Waals surface area contributed by atoms with Crippen molar-refractivity contribution < 1.29 is 9.53 Å². The zero-order valence-corrected chi connectivity index (χ0v) is 14.0. The van der Waals surface area contributed by atoms with Gasteiger partial charge in [0.2, 0.25) is 10.0 Å². The number of alkyl halides is 3. The molecule has 0 bridgehead atoms. The second-order valence-corrected chi connectivity index (χ2v) is 6.96. The van der Waals surface area contributed by atoms with E-state index in [0.717, 1.165) is 0 Å². The molecule has 0 spiro atoms. The fourth-order valence-electron chi connectivity index (χ4n) is 1.54. The third-order valence-electron chi connectivity index (χ3n) is 2.56. The first kappa shape index (κ1) is 17.2. The lowest BCUT2D eigenvalue weighted by atomic mass is 10.2. The summed E-state index contributed by atoms with van der Waals surface area (Å²) in [6, 6.07) is 9.85. The molecule has 1 atom stereocenters. The maximum absolute atomic E-state index is 12.1. The molecule has 0 saturated heterocycles. The molecule has 1 aromatic heterocycles. The van der Waals surface area contributed by atoms with E-state index in [0.29, 0.717) is 10.6 Å². The van der Waals surface area contributed by atoms with Crippen LogP contribution in [0.1, 0.15) is 10.4 Å². The first-order valence-corrected chi connectivity index (χ1v) is 7.58. The highest BCUT2D eigenvalue weighted by atomic mass is 35.6. The minimum Gasteiger partial charge on any atom is -0.464 e. The Hall–Kier alpha value is -1.20. The average molecular weight is 380 g/mol. The van der Waals surface area contributed by atoms with Crippen LogP contribution in [-0.4, -0.2) is 20.9 Å². The second-order valence-electron chi connectivity index (χ2n) is 4.19. The lowest BCUT2D eigenvalue weighted by molar-refractivity contribution is 0.0833. The van der Waals surface area contributed by atoms with Crippen molar-refractivity contribution in [3.8, 4) is 5.75 Å². The van der Waals surface area contributed by atoms with Crippen LogP contribution < -0.4 is 10.1 Å². The van der Waals surface area contributed by atoms with Crippen molar-refractivity contribution in [2.45, 2.75) is 10.0 Å². The first-order chi connectivity index (χ1) is 10.4. The molecule has 2 rings (SSSR count). The maximum Gasteiger partial charge on any atom is 0.255 e. The molecule has 1 amide bonds. The van der Waals surface area contributed by atoms with Crippen LogP contribution >= 0.6 is 46.4 Å². The number of hydrogen-bond acceptors (Lipinski definition) is 3.